The van der Waals surface area contributed by atoms with Gasteiger partial charge in [0.05, 0.1) is 5.75 Å². The summed E-state index contributed by atoms with van der Waals surface area (Å²) in [6, 6.07) is -0.999. The molecule has 0 aromatic rings. The van der Waals surface area contributed by atoms with Crippen LogP contribution in [-0.2, 0) is 14.4 Å². The van der Waals surface area contributed by atoms with Gasteiger partial charge in [0.2, 0.25) is 5.91 Å². The number of nitrogens with zero attached hydrogens (tertiary/aromatic N) is 1. The summed E-state index contributed by atoms with van der Waals surface area (Å²) >= 11 is 2.22. The largest absolute Gasteiger partial charge is 0.477 e. The minimum atomic E-state index is -4.53. The molecule has 2 rings (SSSR count). The normalized spacial score (nSPS) is 23.7. The van der Waals surface area contributed by atoms with Gasteiger partial charge in [0.1, 0.15) is 17.1 Å². The summed E-state index contributed by atoms with van der Waals surface area (Å²) < 4.78 is 36.2. The van der Waals surface area contributed by atoms with Gasteiger partial charge in [-0.05, 0) is 23.6 Å². The standard InChI is InChI=1S/C12H13F3N2O4S3/c1-22-2-5-3-23-10-7(9(19)17(10)8(5)11(20)21)16-6(18)4-24-12(13,14)15/h7,10H,2-4H2,1H3,(H,16,18)(H,20,21)/t7?,10-/m1/s1. The van der Waals surface area contributed by atoms with Crippen molar-refractivity contribution < 1.29 is 32.7 Å². The Hall–Kier alpha value is -1.01. The van der Waals surface area contributed by atoms with E-state index in [0.717, 1.165) is 4.90 Å². The van der Waals surface area contributed by atoms with Crippen LogP contribution in [0.2, 0.25) is 0 Å². The minimum absolute atomic E-state index is 0.0896. The first-order valence-electron chi connectivity index (χ1n) is 6.54. The molecular weight excluding hydrogens is 389 g/mol. The van der Waals surface area contributed by atoms with E-state index in [1.807, 2.05) is 6.26 Å². The zero-order valence-corrected chi connectivity index (χ0v) is 14.7. The van der Waals surface area contributed by atoms with E-state index in [-0.39, 0.29) is 5.70 Å². The topological polar surface area (TPSA) is 86.7 Å². The lowest BCUT2D eigenvalue weighted by atomic mass is 10.0. The van der Waals surface area contributed by atoms with Gasteiger partial charge in [0.15, 0.2) is 0 Å². The molecule has 2 atom stereocenters. The van der Waals surface area contributed by atoms with Crippen molar-refractivity contribution in [3.05, 3.63) is 11.3 Å². The van der Waals surface area contributed by atoms with Crippen molar-refractivity contribution in [3.8, 4) is 0 Å². The first-order valence-corrected chi connectivity index (χ1v) is 9.97. The van der Waals surface area contributed by atoms with Gasteiger partial charge in [-0.2, -0.15) is 24.9 Å². The Labute approximate surface area is 148 Å². The van der Waals surface area contributed by atoms with Crippen LogP contribution in [0.4, 0.5) is 13.2 Å². The number of rotatable bonds is 6. The summed E-state index contributed by atoms with van der Waals surface area (Å²) in [4.78, 5) is 36.2. The Morgan fingerprint density at radius 2 is 2.12 bits per heavy atom. The molecule has 134 valence electrons. The molecule has 0 saturated carbocycles. The highest BCUT2D eigenvalue weighted by molar-refractivity contribution is 8.01. The van der Waals surface area contributed by atoms with Gasteiger partial charge in [-0.15, -0.1) is 11.8 Å². The molecule has 2 aliphatic heterocycles. The zero-order valence-electron chi connectivity index (χ0n) is 12.3. The predicted molar refractivity (Wildman–Crippen MR) is 86.6 cm³/mol. The highest BCUT2D eigenvalue weighted by atomic mass is 32.2. The summed E-state index contributed by atoms with van der Waals surface area (Å²) in [5.41, 5.74) is -4.01. The van der Waals surface area contributed by atoms with E-state index in [2.05, 4.69) is 5.32 Å². The van der Waals surface area contributed by atoms with E-state index in [9.17, 15) is 32.7 Å². The highest BCUT2D eigenvalue weighted by Gasteiger charge is 2.54. The molecule has 0 aromatic heterocycles. The minimum Gasteiger partial charge on any atom is -0.477 e. The maximum atomic E-state index is 12.2. The van der Waals surface area contributed by atoms with Crippen LogP contribution in [0.3, 0.4) is 0 Å². The number of amides is 2. The second kappa shape index (κ2) is 7.48. The fraction of sp³-hybridized carbons (Fsp3) is 0.583. The number of carbonyl (C=O) groups is 3. The Morgan fingerprint density at radius 3 is 2.67 bits per heavy atom. The van der Waals surface area contributed by atoms with Gasteiger partial charge in [-0.25, -0.2) is 4.79 Å². The van der Waals surface area contributed by atoms with Crippen LogP contribution < -0.4 is 5.32 Å². The quantitative estimate of drug-likeness (QED) is 0.649. The first kappa shape index (κ1) is 19.3. The average Bonchev–Trinajstić information content (AvgIpc) is 2.49. The maximum Gasteiger partial charge on any atom is 0.442 e. The summed E-state index contributed by atoms with van der Waals surface area (Å²) in [6.07, 6.45) is 1.81. The fourth-order valence-electron chi connectivity index (χ4n) is 2.33. The molecule has 2 N–H and O–H groups in total. The van der Waals surface area contributed by atoms with Crippen LogP contribution in [0.15, 0.2) is 11.3 Å². The molecule has 1 fully saturated rings. The molecule has 0 aliphatic carbocycles. The van der Waals surface area contributed by atoms with Gasteiger partial charge in [0, 0.05) is 11.5 Å². The Bertz CT molecular complexity index is 597. The second-order valence-electron chi connectivity index (χ2n) is 4.88. The Kier molecular flexibility index (Phi) is 6.02. The third-order valence-electron chi connectivity index (χ3n) is 3.25. The van der Waals surface area contributed by atoms with Gasteiger partial charge in [-0.1, -0.05) is 0 Å². The van der Waals surface area contributed by atoms with Crippen molar-refractivity contribution in [2.24, 2.45) is 0 Å². The molecule has 0 aromatic carbocycles. The van der Waals surface area contributed by atoms with Crippen molar-refractivity contribution >= 4 is 53.1 Å². The number of carboxylic acid groups (broad SMARTS) is 1. The molecule has 0 bridgehead atoms. The van der Waals surface area contributed by atoms with E-state index in [1.54, 1.807) is 0 Å². The van der Waals surface area contributed by atoms with Crippen molar-refractivity contribution in [1.29, 1.82) is 0 Å². The molecule has 12 heteroatoms. The lowest BCUT2D eigenvalue weighted by Gasteiger charge is -2.49. The lowest BCUT2D eigenvalue weighted by molar-refractivity contribution is -0.150. The van der Waals surface area contributed by atoms with E-state index < -0.39 is 52.2 Å². The number of β-lactam (4-membered cyclic amide) rings is 1. The molecule has 24 heavy (non-hydrogen) atoms. The number of carboxylic acids is 1. The van der Waals surface area contributed by atoms with Crippen LogP contribution in [0.1, 0.15) is 0 Å². The Balaban J connectivity index is 2.04. The van der Waals surface area contributed by atoms with Crippen LogP contribution in [0.25, 0.3) is 0 Å². The number of aliphatic carboxylic acids is 1. The van der Waals surface area contributed by atoms with Crippen molar-refractivity contribution in [3.63, 3.8) is 0 Å². The number of alkyl halides is 3. The van der Waals surface area contributed by atoms with Gasteiger partial charge in [-0.3, -0.25) is 14.5 Å². The number of fused-ring (bicyclic) bond motifs is 1. The van der Waals surface area contributed by atoms with Crippen LogP contribution in [0, 0.1) is 0 Å². The van der Waals surface area contributed by atoms with E-state index in [0.29, 0.717) is 17.1 Å². The van der Waals surface area contributed by atoms with Gasteiger partial charge < -0.3 is 10.4 Å². The number of thioether (sulfide) groups is 3. The molecule has 6 nitrogen and oxygen atoms in total. The second-order valence-corrected chi connectivity index (χ2v) is 7.89. The molecule has 2 aliphatic rings. The third kappa shape index (κ3) is 4.14. The molecular formula is C12H13F3N2O4S3. The molecule has 0 radical (unpaired) electrons. The van der Waals surface area contributed by atoms with Crippen molar-refractivity contribution in [2.45, 2.75) is 16.9 Å². The molecule has 2 amide bonds. The SMILES string of the molecule is CSCC1=C(C(=O)O)N2C(=O)C(NC(=O)CSC(F)(F)F)[C@H]2SC1. The monoisotopic (exact) mass is 402 g/mol. The van der Waals surface area contributed by atoms with Crippen LogP contribution in [0.5, 0.6) is 0 Å². The lowest BCUT2D eigenvalue weighted by Crippen LogP contribution is -2.70. The maximum absolute atomic E-state index is 12.2. The van der Waals surface area contributed by atoms with E-state index in [4.69, 9.17) is 0 Å². The van der Waals surface area contributed by atoms with Crippen molar-refractivity contribution in [1.82, 2.24) is 10.2 Å². The summed E-state index contributed by atoms with van der Waals surface area (Å²) in [7, 11) is 0. The van der Waals surface area contributed by atoms with Crippen LogP contribution >= 0.6 is 35.3 Å². The average molecular weight is 402 g/mol. The van der Waals surface area contributed by atoms with E-state index >= 15 is 0 Å². The molecule has 1 unspecified atom stereocenters. The predicted octanol–water partition coefficient (Wildman–Crippen LogP) is 1.34. The first-order chi connectivity index (χ1) is 11.2. The molecule has 1 saturated heterocycles. The summed E-state index contributed by atoms with van der Waals surface area (Å²) in [5.74, 6) is -2.75. The number of halogens is 3. The van der Waals surface area contributed by atoms with Crippen LogP contribution in [-0.4, -0.2) is 68.2 Å². The smallest absolute Gasteiger partial charge is 0.442 e. The van der Waals surface area contributed by atoms with Gasteiger partial charge in [0.25, 0.3) is 5.91 Å². The summed E-state index contributed by atoms with van der Waals surface area (Å²) in [6.45, 7) is 0. The van der Waals surface area contributed by atoms with Gasteiger partial charge >= 0.3 is 11.5 Å². The number of carbonyl (C=O) groups excluding carboxylic acids is 2. The van der Waals surface area contributed by atoms with E-state index in [1.165, 1.54) is 23.5 Å². The highest BCUT2D eigenvalue weighted by Crippen LogP contribution is 2.41. The summed E-state index contributed by atoms with van der Waals surface area (Å²) in [5, 5.41) is 11.0. The fourth-order valence-corrected chi connectivity index (χ4v) is 4.77. The Morgan fingerprint density at radius 1 is 1.46 bits per heavy atom. The number of nitrogens with one attached hydrogen (secondary N) is 1. The van der Waals surface area contributed by atoms with Crippen molar-refractivity contribution in [2.75, 3.05) is 23.5 Å². The molecule has 0 spiro atoms. The number of hydrogen-bond donors (Lipinski definition) is 2. The number of hydrogen-bond acceptors (Lipinski definition) is 6. The zero-order chi connectivity index (χ0) is 18.1. The third-order valence-corrected chi connectivity index (χ3v) is 5.96. The molecule has 2 heterocycles.